The molecular formula is C19H24N4O3S. The van der Waals surface area contributed by atoms with Crippen molar-refractivity contribution in [3.8, 4) is 0 Å². The van der Waals surface area contributed by atoms with Crippen LogP contribution in [0.3, 0.4) is 0 Å². The number of urea groups is 1. The van der Waals surface area contributed by atoms with E-state index in [-0.39, 0.29) is 17.8 Å². The van der Waals surface area contributed by atoms with E-state index in [1.807, 2.05) is 32.0 Å². The number of rotatable bonds is 6. The minimum atomic E-state index is -0.540. The second kappa shape index (κ2) is 9.05. The van der Waals surface area contributed by atoms with Crippen LogP contribution in [0.25, 0.3) is 0 Å². The van der Waals surface area contributed by atoms with Gasteiger partial charge in [-0.3, -0.25) is 10.1 Å². The van der Waals surface area contributed by atoms with E-state index in [9.17, 15) is 9.59 Å². The van der Waals surface area contributed by atoms with Gasteiger partial charge in [-0.25, -0.2) is 9.78 Å². The molecule has 1 aromatic heterocycles. The highest BCUT2D eigenvalue weighted by Crippen LogP contribution is 2.24. The highest BCUT2D eigenvalue weighted by molar-refractivity contribution is 7.99. The summed E-state index contributed by atoms with van der Waals surface area (Å²) in [6.07, 6.45) is 2.32. The average molecular weight is 388 g/mol. The van der Waals surface area contributed by atoms with Gasteiger partial charge < -0.3 is 14.6 Å². The van der Waals surface area contributed by atoms with Crippen molar-refractivity contribution in [1.29, 1.82) is 0 Å². The topological polar surface area (TPSA) is 85.3 Å². The molecule has 1 aliphatic heterocycles. The molecule has 7 nitrogen and oxygen atoms in total. The van der Waals surface area contributed by atoms with E-state index < -0.39 is 6.03 Å². The average Bonchev–Trinajstić information content (AvgIpc) is 3.25. The molecule has 0 saturated carbocycles. The standard InChI is InChI=1S/C19H24N4O3S/c1-13-14(2)23(11-16-9-6-10-26-16)19(20-13)27-12-17(24)22-18(25)21-15-7-4-3-5-8-15/h3-5,7-8,16H,6,9-12H2,1-2H3,(H2,21,22,24,25). The van der Waals surface area contributed by atoms with Crippen LogP contribution in [0.2, 0.25) is 0 Å². The van der Waals surface area contributed by atoms with Gasteiger partial charge in [0.1, 0.15) is 0 Å². The molecule has 1 atom stereocenters. The third-order valence-electron chi connectivity index (χ3n) is 4.45. The van der Waals surface area contributed by atoms with Crippen LogP contribution in [0.4, 0.5) is 10.5 Å². The number of anilines is 1. The minimum Gasteiger partial charge on any atom is -0.376 e. The number of carbonyl (C=O) groups excluding carboxylic acids is 2. The summed E-state index contributed by atoms with van der Waals surface area (Å²) in [6.45, 7) is 5.53. The van der Waals surface area contributed by atoms with Gasteiger partial charge in [-0.1, -0.05) is 30.0 Å². The summed E-state index contributed by atoms with van der Waals surface area (Å²) in [5.74, 6) is -0.251. The van der Waals surface area contributed by atoms with Crippen molar-refractivity contribution < 1.29 is 14.3 Å². The fourth-order valence-corrected chi connectivity index (χ4v) is 3.82. The Bertz CT molecular complexity index is 801. The van der Waals surface area contributed by atoms with Crippen molar-refractivity contribution in [1.82, 2.24) is 14.9 Å². The predicted molar refractivity (Wildman–Crippen MR) is 105 cm³/mol. The number of aromatic nitrogens is 2. The smallest absolute Gasteiger partial charge is 0.325 e. The van der Waals surface area contributed by atoms with E-state index in [2.05, 4.69) is 20.2 Å². The van der Waals surface area contributed by atoms with Gasteiger partial charge in [-0.05, 0) is 38.8 Å². The van der Waals surface area contributed by atoms with Crippen molar-refractivity contribution in [2.24, 2.45) is 0 Å². The summed E-state index contributed by atoms with van der Waals surface area (Å²) in [4.78, 5) is 28.6. The normalized spacial score (nSPS) is 16.3. The lowest BCUT2D eigenvalue weighted by Gasteiger charge is -2.14. The lowest BCUT2D eigenvalue weighted by Crippen LogP contribution is -2.35. The number of amides is 3. The fourth-order valence-electron chi connectivity index (χ4n) is 2.92. The molecule has 1 aliphatic rings. The third-order valence-corrected chi connectivity index (χ3v) is 5.43. The molecule has 1 unspecified atom stereocenters. The number of para-hydroxylation sites is 1. The number of hydrogen-bond donors (Lipinski definition) is 2. The lowest BCUT2D eigenvalue weighted by atomic mass is 10.2. The van der Waals surface area contributed by atoms with Crippen LogP contribution in [-0.4, -0.2) is 40.0 Å². The van der Waals surface area contributed by atoms with Gasteiger partial charge in [-0.15, -0.1) is 0 Å². The van der Waals surface area contributed by atoms with Gasteiger partial charge in [0.15, 0.2) is 5.16 Å². The van der Waals surface area contributed by atoms with Gasteiger partial charge in [0.2, 0.25) is 5.91 Å². The van der Waals surface area contributed by atoms with E-state index in [1.165, 1.54) is 11.8 Å². The van der Waals surface area contributed by atoms with Gasteiger partial charge >= 0.3 is 6.03 Å². The fraction of sp³-hybridized carbons (Fsp3) is 0.421. The van der Waals surface area contributed by atoms with Crippen molar-refractivity contribution >= 4 is 29.4 Å². The van der Waals surface area contributed by atoms with Gasteiger partial charge in [-0.2, -0.15) is 0 Å². The maximum atomic E-state index is 12.1. The summed E-state index contributed by atoms with van der Waals surface area (Å²) in [6, 6.07) is 8.45. The molecule has 0 spiro atoms. The number of benzene rings is 1. The van der Waals surface area contributed by atoms with Crippen LogP contribution in [0.1, 0.15) is 24.2 Å². The number of nitrogens with one attached hydrogen (secondary N) is 2. The first-order chi connectivity index (χ1) is 13.0. The highest BCUT2D eigenvalue weighted by Gasteiger charge is 2.21. The van der Waals surface area contributed by atoms with E-state index in [4.69, 9.17) is 4.74 Å². The Morgan fingerprint density at radius 2 is 2.07 bits per heavy atom. The van der Waals surface area contributed by atoms with Crippen LogP contribution in [0.15, 0.2) is 35.5 Å². The molecule has 2 N–H and O–H groups in total. The quantitative estimate of drug-likeness (QED) is 0.743. The summed E-state index contributed by atoms with van der Waals surface area (Å²) < 4.78 is 7.83. The molecule has 8 heteroatoms. The molecule has 0 radical (unpaired) electrons. The molecule has 1 saturated heterocycles. The molecule has 2 heterocycles. The SMILES string of the molecule is Cc1nc(SCC(=O)NC(=O)Nc2ccccc2)n(CC2CCCO2)c1C. The Morgan fingerprint density at radius 1 is 1.30 bits per heavy atom. The molecule has 0 bridgehead atoms. The number of carbonyl (C=O) groups is 2. The molecule has 144 valence electrons. The number of imide groups is 1. The summed E-state index contributed by atoms with van der Waals surface area (Å²) >= 11 is 1.33. The van der Waals surface area contributed by atoms with E-state index in [1.54, 1.807) is 12.1 Å². The van der Waals surface area contributed by atoms with Crippen molar-refractivity contribution in [3.05, 3.63) is 41.7 Å². The summed E-state index contributed by atoms with van der Waals surface area (Å²) in [7, 11) is 0. The zero-order valence-electron chi connectivity index (χ0n) is 15.5. The number of hydrogen-bond acceptors (Lipinski definition) is 5. The number of aryl methyl sites for hydroxylation is 1. The Kier molecular flexibility index (Phi) is 6.52. The second-order valence-corrected chi connectivity index (χ2v) is 7.41. The third kappa shape index (κ3) is 5.33. The lowest BCUT2D eigenvalue weighted by molar-refractivity contribution is -0.117. The molecule has 1 fully saturated rings. The summed E-state index contributed by atoms with van der Waals surface area (Å²) in [5.41, 5.74) is 2.65. The van der Waals surface area contributed by atoms with Crippen LogP contribution in [0, 0.1) is 13.8 Å². The Labute approximate surface area is 162 Å². The zero-order valence-corrected chi connectivity index (χ0v) is 16.3. The molecule has 2 aromatic rings. The molecule has 3 amide bonds. The number of nitrogens with zero attached hydrogens (tertiary/aromatic N) is 2. The van der Waals surface area contributed by atoms with Gasteiger partial charge in [0, 0.05) is 18.0 Å². The Balaban J connectivity index is 1.53. The summed E-state index contributed by atoms with van der Waals surface area (Å²) in [5, 5.41) is 5.74. The zero-order chi connectivity index (χ0) is 19.2. The second-order valence-electron chi connectivity index (χ2n) is 6.47. The Morgan fingerprint density at radius 3 is 2.78 bits per heavy atom. The molecule has 27 heavy (non-hydrogen) atoms. The van der Waals surface area contributed by atoms with Gasteiger partial charge in [0.25, 0.3) is 0 Å². The first kappa shape index (κ1) is 19.4. The Hall–Kier alpha value is -2.32. The number of imidazole rings is 1. The number of thioether (sulfide) groups is 1. The minimum absolute atomic E-state index is 0.115. The van der Waals surface area contributed by atoms with Crippen molar-refractivity contribution in [2.75, 3.05) is 17.7 Å². The van der Waals surface area contributed by atoms with Crippen LogP contribution >= 0.6 is 11.8 Å². The molecule has 0 aliphatic carbocycles. The highest BCUT2D eigenvalue weighted by atomic mass is 32.2. The first-order valence-electron chi connectivity index (χ1n) is 8.97. The predicted octanol–water partition coefficient (Wildman–Crippen LogP) is 3.12. The van der Waals surface area contributed by atoms with Crippen molar-refractivity contribution in [3.63, 3.8) is 0 Å². The largest absolute Gasteiger partial charge is 0.376 e. The van der Waals surface area contributed by atoms with E-state index >= 15 is 0 Å². The van der Waals surface area contributed by atoms with E-state index in [0.717, 1.165) is 42.5 Å². The van der Waals surface area contributed by atoms with Crippen molar-refractivity contribution in [2.45, 2.75) is 44.5 Å². The first-order valence-corrected chi connectivity index (χ1v) is 9.95. The van der Waals surface area contributed by atoms with Gasteiger partial charge in [0.05, 0.1) is 24.1 Å². The molecule has 1 aromatic carbocycles. The van der Waals surface area contributed by atoms with Crippen LogP contribution < -0.4 is 10.6 Å². The maximum absolute atomic E-state index is 12.1. The molecule has 3 rings (SSSR count). The number of ether oxygens (including phenoxy) is 1. The monoisotopic (exact) mass is 388 g/mol. The maximum Gasteiger partial charge on any atom is 0.325 e. The van der Waals surface area contributed by atoms with E-state index in [0.29, 0.717) is 5.69 Å². The molecular weight excluding hydrogens is 364 g/mol. The van der Waals surface area contributed by atoms with Crippen LogP contribution in [0.5, 0.6) is 0 Å². The van der Waals surface area contributed by atoms with Crippen LogP contribution in [-0.2, 0) is 16.1 Å².